The highest BCUT2D eigenvalue weighted by molar-refractivity contribution is 7.22. The summed E-state index contributed by atoms with van der Waals surface area (Å²) < 4.78 is 11.7. The summed E-state index contributed by atoms with van der Waals surface area (Å²) in [6.45, 7) is 12.2. The van der Waals surface area contributed by atoms with E-state index in [9.17, 15) is 9.59 Å². The molecule has 1 N–H and O–H groups in total. The summed E-state index contributed by atoms with van der Waals surface area (Å²) in [6, 6.07) is 4.09. The Balaban J connectivity index is 1.48. The molecule has 0 spiro atoms. The molecule has 170 valence electrons. The van der Waals surface area contributed by atoms with Crippen molar-refractivity contribution in [2.45, 2.75) is 53.6 Å². The summed E-state index contributed by atoms with van der Waals surface area (Å²) in [4.78, 5) is 31.3. The number of ether oxygens (including phenoxy) is 1. The van der Waals surface area contributed by atoms with Gasteiger partial charge in [0.25, 0.3) is 0 Å². The van der Waals surface area contributed by atoms with E-state index in [1.165, 1.54) is 11.3 Å². The largest absolute Gasteiger partial charge is 0.444 e. The lowest BCUT2D eigenvalue weighted by Gasteiger charge is -2.24. The zero-order chi connectivity index (χ0) is 23.2. The number of rotatable bonds is 3. The molecule has 1 atom stereocenters. The second-order valence-electron chi connectivity index (χ2n) is 9.25. The first-order chi connectivity index (χ1) is 15.0. The SMILES string of the molecule is Cc1cc2nc(NC(=O)C3CCN(C(=O)OC(C)(C)C)C3)sc2cc1-c1c(C)noc1C. The van der Waals surface area contributed by atoms with Gasteiger partial charge in [-0.25, -0.2) is 9.78 Å². The van der Waals surface area contributed by atoms with Crippen molar-refractivity contribution >= 4 is 38.7 Å². The van der Waals surface area contributed by atoms with Crippen LogP contribution in [0.1, 0.15) is 44.2 Å². The molecule has 0 radical (unpaired) electrons. The Morgan fingerprint density at radius 1 is 1.25 bits per heavy atom. The molecule has 3 aromatic rings. The smallest absolute Gasteiger partial charge is 0.410 e. The van der Waals surface area contributed by atoms with E-state index < -0.39 is 5.60 Å². The fraction of sp³-hybridized carbons (Fsp3) is 0.478. The number of benzene rings is 1. The van der Waals surface area contributed by atoms with E-state index >= 15 is 0 Å². The molecule has 1 fully saturated rings. The van der Waals surface area contributed by atoms with E-state index in [0.717, 1.165) is 38.4 Å². The fourth-order valence-corrected chi connectivity index (χ4v) is 4.83. The zero-order valence-corrected chi connectivity index (χ0v) is 20.1. The van der Waals surface area contributed by atoms with Crippen LogP contribution >= 0.6 is 11.3 Å². The highest BCUT2D eigenvalue weighted by Crippen LogP contribution is 2.36. The number of nitrogens with zero attached hydrogens (tertiary/aromatic N) is 3. The van der Waals surface area contributed by atoms with Crippen molar-refractivity contribution in [2.75, 3.05) is 18.4 Å². The third kappa shape index (κ3) is 4.48. The lowest BCUT2D eigenvalue weighted by atomic mass is 9.99. The van der Waals surface area contributed by atoms with E-state index in [4.69, 9.17) is 9.26 Å². The van der Waals surface area contributed by atoms with Gasteiger partial charge >= 0.3 is 6.09 Å². The van der Waals surface area contributed by atoms with Gasteiger partial charge in [-0.3, -0.25) is 4.79 Å². The van der Waals surface area contributed by atoms with Crippen molar-refractivity contribution in [1.82, 2.24) is 15.0 Å². The third-order valence-corrected chi connectivity index (χ3v) is 6.41. The van der Waals surface area contributed by atoms with Gasteiger partial charge in [0.2, 0.25) is 5.91 Å². The Morgan fingerprint density at radius 2 is 2.00 bits per heavy atom. The van der Waals surface area contributed by atoms with Crippen LogP contribution in [-0.2, 0) is 9.53 Å². The Kier molecular flexibility index (Phi) is 5.70. The van der Waals surface area contributed by atoms with Gasteiger partial charge in [0.15, 0.2) is 5.13 Å². The van der Waals surface area contributed by atoms with E-state index in [0.29, 0.717) is 24.6 Å². The number of likely N-dealkylation sites (tertiary alicyclic amines) is 1. The van der Waals surface area contributed by atoms with Crippen molar-refractivity contribution in [2.24, 2.45) is 5.92 Å². The number of hydrogen-bond donors (Lipinski definition) is 1. The van der Waals surface area contributed by atoms with Crippen molar-refractivity contribution in [3.8, 4) is 11.1 Å². The lowest BCUT2D eigenvalue weighted by Crippen LogP contribution is -2.36. The third-order valence-electron chi connectivity index (χ3n) is 5.48. The average molecular weight is 457 g/mol. The van der Waals surface area contributed by atoms with Crippen LogP contribution < -0.4 is 5.32 Å². The van der Waals surface area contributed by atoms with Crippen LogP contribution in [0.25, 0.3) is 21.3 Å². The second-order valence-corrected chi connectivity index (χ2v) is 10.3. The van der Waals surface area contributed by atoms with Crippen LogP contribution in [0.15, 0.2) is 16.7 Å². The minimum absolute atomic E-state index is 0.127. The molecule has 32 heavy (non-hydrogen) atoms. The summed E-state index contributed by atoms with van der Waals surface area (Å²) in [5, 5.41) is 7.55. The van der Waals surface area contributed by atoms with Crippen molar-refractivity contribution in [1.29, 1.82) is 0 Å². The highest BCUT2D eigenvalue weighted by Gasteiger charge is 2.33. The monoisotopic (exact) mass is 456 g/mol. The zero-order valence-electron chi connectivity index (χ0n) is 19.2. The van der Waals surface area contributed by atoms with Gasteiger partial charge in [-0.1, -0.05) is 16.5 Å². The lowest BCUT2D eigenvalue weighted by molar-refractivity contribution is -0.119. The molecule has 1 saturated heterocycles. The van der Waals surface area contributed by atoms with Crippen LogP contribution in [-0.4, -0.2) is 45.7 Å². The molecule has 0 saturated carbocycles. The Hall–Kier alpha value is -2.94. The number of hydrogen-bond acceptors (Lipinski definition) is 7. The summed E-state index contributed by atoms with van der Waals surface area (Å²) in [7, 11) is 0. The summed E-state index contributed by atoms with van der Waals surface area (Å²) in [5.74, 6) is 0.366. The number of anilines is 1. The first-order valence-electron chi connectivity index (χ1n) is 10.6. The molecule has 8 nitrogen and oxygen atoms in total. The molecule has 1 aromatic carbocycles. The fourth-order valence-electron chi connectivity index (χ4n) is 3.94. The van der Waals surface area contributed by atoms with Gasteiger partial charge in [-0.15, -0.1) is 0 Å². The highest BCUT2D eigenvalue weighted by atomic mass is 32.1. The maximum atomic E-state index is 12.8. The normalized spacial score (nSPS) is 16.6. The van der Waals surface area contributed by atoms with Gasteiger partial charge in [0, 0.05) is 18.7 Å². The van der Waals surface area contributed by atoms with Crippen molar-refractivity contribution in [3.63, 3.8) is 0 Å². The number of amides is 2. The van der Waals surface area contributed by atoms with Gasteiger partial charge < -0.3 is 19.5 Å². The van der Waals surface area contributed by atoms with Gasteiger partial charge in [-0.05, 0) is 71.2 Å². The number of carbonyl (C=O) groups excluding carboxylic acids is 2. The predicted octanol–water partition coefficient (Wildman–Crippen LogP) is 5.07. The number of aryl methyl sites for hydroxylation is 3. The molecule has 1 unspecified atom stereocenters. The van der Waals surface area contributed by atoms with E-state index in [2.05, 4.69) is 21.5 Å². The maximum absolute atomic E-state index is 12.8. The van der Waals surface area contributed by atoms with E-state index in [-0.39, 0.29) is 17.9 Å². The molecule has 2 amide bonds. The number of nitrogens with one attached hydrogen (secondary N) is 1. The quantitative estimate of drug-likeness (QED) is 0.591. The molecular weight excluding hydrogens is 428 g/mol. The van der Waals surface area contributed by atoms with Crippen LogP contribution in [0.4, 0.5) is 9.93 Å². The molecule has 4 rings (SSSR count). The van der Waals surface area contributed by atoms with Crippen LogP contribution in [0, 0.1) is 26.7 Å². The minimum atomic E-state index is -0.557. The average Bonchev–Trinajstić information content (AvgIpc) is 3.39. The molecule has 1 aliphatic rings. The second kappa shape index (κ2) is 8.20. The molecule has 2 aromatic heterocycles. The summed E-state index contributed by atoms with van der Waals surface area (Å²) >= 11 is 1.43. The first kappa shape index (κ1) is 22.3. The molecule has 0 aliphatic carbocycles. The topological polar surface area (TPSA) is 97.6 Å². The summed E-state index contributed by atoms with van der Waals surface area (Å²) in [6.07, 6.45) is 0.223. The Bertz CT molecular complexity index is 1170. The molecule has 3 heterocycles. The van der Waals surface area contributed by atoms with Crippen LogP contribution in [0.2, 0.25) is 0 Å². The predicted molar refractivity (Wildman–Crippen MR) is 124 cm³/mol. The summed E-state index contributed by atoms with van der Waals surface area (Å²) in [5.41, 5.74) is 4.24. The molecule has 1 aliphatic heterocycles. The van der Waals surface area contributed by atoms with Crippen molar-refractivity contribution < 1.29 is 18.8 Å². The number of aromatic nitrogens is 2. The van der Waals surface area contributed by atoms with Crippen molar-refractivity contribution in [3.05, 3.63) is 29.2 Å². The number of carbonyl (C=O) groups is 2. The van der Waals surface area contributed by atoms with Gasteiger partial charge in [0.1, 0.15) is 11.4 Å². The maximum Gasteiger partial charge on any atom is 0.410 e. The molecule has 0 bridgehead atoms. The molecule has 9 heteroatoms. The van der Waals surface area contributed by atoms with Gasteiger partial charge in [0.05, 0.1) is 21.8 Å². The number of fused-ring (bicyclic) bond motifs is 1. The first-order valence-corrected chi connectivity index (χ1v) is 11.5. The van der Waals surface area contributed by atoms with E-state index in [1.54, 1.807) is 4.90 Å². The van der Waals surface area contributed by atoms with Crippen LogP contribution in [0.3, 0.4) is 0 Å². The minimum Gasteiger partial charge on any atom is -0.444 e. The Labute approximate surface area is 190 Å². The van der Waals surface area contributed by atoms with Gasteiger partial charge in [-0.2, -0.15) is 0 Å². The molecular formula is C23H28N4O4S. The Morgan fingerprint density at radius 3 is 2.66 bits per heavy atom. The van der Waals surface area contributed by atoms with E-state index in [1.807, 2.05) is 47.6 Å². The van der Waals surface area contributed by atoms with Crippen LogP contribution in [0.5, 0.6) is 0 Å². The number of thiazole rings is 1. The standard InChI is InChI=1S/C23H28N4O4S/c1-12-9-17-18(10-16(12)19-13(2)26-31-14(19)3)32-21(24-17)25-20(28)15-7-8-27(11-15)22(29)30-23(4,5)6/h9-10,15H,7-8,11H2,1-6H3,(H,24,25,28).